The minimum absolute atomic E-state index is 0.100. The summed E-state index contributed by atoms with van der Waals surface area (Å²) in [6.07, 6.45) is 7.02. The maximum atomic E-state index is 9.22. The summed E-state index contributed by atoms with van der Waals surface area (Å²) in [5, 5.41) is 36.8. The van der Waals surface area contributed by atoms with Gasteiger partial charge in [-0.2, -0.15) is 0 Å². The summed E-state index contributed by atoms with van der Waals surface area (Å²) in [5.74, 6) is 0.949. The van der Waals surface area contributed by atoms with Crippen molar-refractivity contribution in [2.75, 3.05) is 62.4 Å². The van der Waals surface area contributed by atoms with Crippen molar-refractivity contribution in [3.05, 3.63) is 58.7 Å². The van der Waals surface area contributed by atoms with Crippen LogP contribution in [0.1, 0.15) is 101 Å². The number of unbranched alkanes of at least 4 members (excludes halogenated alkanes) is 2. The van der Waals surface area contributed by atoms with Crippen LogP contribution in [0.3, 0.4) is 0 Å². The highest BCUT2D eigenvalue weighted by Crippen LogP contribution is 2.28. The molecule has 0 aliphatic heterocycles. The molecule has 0 unspecified atom stereocenters. The molecule has 0 aliphatic carbocycles. The summed E-state index contributed by atoms with van der Waals surface area (Å²) in [6, 6.07) is 13.4. The summed E-state index contributed by atoms with van der Waals surface area (Å²) < 4.78 is 0. The first-order chi connectivity index (χ1) is 19.2. The van der Waals surface area contributed by atoms with E-state index in [-0.39, 0.29) is 26.4 Å². The third-order valence-corrected chi connectivity index (χ3v) is 7.18. The van der Waals surface area contributed by atoms with E-state index in [1.165, 1.54) is 47.9 Å². The maximum absolute atomic E-state index is 9.22. The molecule has 228 valence electrons. The maximum Gasteiger partial charge on any atom is 0.0606 e. The second-order valence-electron chi connectivity index (χ2n) is 11.3. The van der Waals surface area contributed by atoms with Crippen LogP contribution < -0.4 is 9.80 Å². The molecule has 4 N–H and O–H groups in total. The Morgan fingerprint density at radius 3 is 1.18 bits per heavy atom. The standard InChI is InChI=1S/C18H31NO2.C16H27NO2/c1-3-5-7-16-13-17(8-6-4-2)15-18(14-16)19(9-11-20)10-12-21;1-12(2)14-9-15(13(3)4)11-16(10-14)17(5-7-18)6-8-19/h13-15,20-21H,3-12H2,1-2H3;9-13,18-19H,5-8H2,1-4H3. The lowest BCUT2D eigenvalue weighted by Gasteiger charge is -2.25. The molecule has 0 bridgehead atoms. The lowest BCUT2D eigenvalue weighted by Crippen LogP contribution is -2.29. The molecule has 0 fully saturated rings. The number of aliphatic hydroxyl groups is 4. The van der Waals surface area contributed by atoms with E-state index in [1.807, 2.05) is 4.90 Å². The Bertz CT molecular complexity index is 868. The molecule has 2 aromatic carbocycles. The van der Waals surface area contributed by atoms with Crippen LogP contribution in [0.2, 0.25) is 0 Å². The van der Waals surface area contributed by atoms with E-state index in [2.05, 4.69) is 82.8 Å². The SMILES string of the molecule is CC(C)c1cc(C(C)C)cc(N(CCO)CCO)c1.CCCCc1cc(CCCC)cc(N(CCO)CCO)c1. The fraction of sp³-hybridized carbons (Fsp3) is 0.647. The Labute approximate surface area is 244 Å². The fourth-order valence-corrected chi connectivity index (χ4v) is 4.71. The lowest BCUT2D eigenvalue weighted by molar-refractivity contribution is 0.280. The van der Waals surface area contributed by atoms with E-state index in [0.717, 1.165) is 24.2 Å². The van der Waals surface area contributed by atoms with Gasteiger partial charge in [0, 0.05) is 37.6 Å². The minimum atomic E-state index is 0.100. The molecule has 0 spiro atoms. The molecule has 2 rings (SSSR count). The summed E-state index contributed by atoms with van der Waals surface area (Å²) >= 11 is 0. The Morgan fingerprint density at radius 1 is 0.525 bits per heavy atom. The first kappa shape index (κ1) is 35.9. The Hall–Kier alpha value is -2.12. The van der Waals surface area contributed by atoms with Crippen LogP contribution in [0.5, 0.6) is 0 Å². The first-order valence-electron chi connectivity index (χ1n) is 15.4. The average molecular weight is 559 g/mol. The first-order valence-corrected chi connectivity index (χ1v) is 15.4. The lowest BCUT2D eigenvalue weighted by atomic mass is 9.94. The highest BCUT2D eigenvalue weighted by Gasteiger charge is 2.12. The van der Waals surface area contributed by atoms with Gasteiger partial charge < -0.3 is 30.2 Å². The van der Waals surface area contributed by atoms with Gasteiger partial charge in [0.05, 0.1) is 26.4 Å². The summed E-state index contributed by atoms with van der Waals surface area (Å²) in [4.78, 5) is 4.11. The number of benzene rings is 2. The number of aryl methyl sites for hydroxylation is 2. The zero-order valence-electron chi connectivity index (χ0n) is 26.2. The van der Waals surface area contributed by atoms with Gasteiger partial charge in [-0.05, 0) is 84.0 Å². The third-order valence-electron chi connectivity index (χ3n) is 7.18. The van der Waals surface area contributed by atoms with E-state index >= 15 is 0 Å². The molecule has 2 aromatic rings. The van der Waals surface area contributed by atoms with Crippen molar-refractivity contribution < 1.29 is 20.4 Å². The summed E-state index contributed by atoms with van der Waals surface area (Å²) in [5.41, 5.74) is 7.60. The van der Waals surface area contributed by atoms with E-state index in [9.17, 15) is 10.2 Å². The van der Waals surface area contributed by atoms with Crippen molar-refractivity contribution in [3.63, 3.8) is 0 Å². The van der Waals surface area contributed by atoms with Crippen molar-refractivity contribution in [2.24, 2.45) is 0 Å². The van der Waals surface area contributed by atoms with Gasteiger partial charge in [0.2, 0.25) is 0 Å². The van der Waals surface area contributed by atoms with Crippen LogP contribution in [0.25, 0.3) is 0 Å². The van der Waals surface area contributed by atoms with Crippen LogP contribution in [0.4, 0.5) is 11.4 Å². The van der Waals surface area contributed by atoms with Gasteiger partial charge in [0.15, 0.2) is 0 Å². The topological polar surface area (TPSA) is 87.4 Å². The number of nitrogens with zero attached hydrogens (tertiary/aromatic N) is 2. The van der Waals surface area contributed by atoms with Gasteiger partial charge >= 0.3 is 0 Å². The summed E-state index contributed by atoms with van der Waals surface area (Å²) in [7, 11) is 0. The molecular weight excluding hydrogens is 500 g/mol. The Kier molecular flexibility index (Phi) is 18.6. The van der Waals surface area contributed by atoms with Gasteiger partial charge in [-0.3, -0.25) is 0 Å². The van der Waals surface area contributed by atoms with Gasteiger partial charge in [-0.25, -0.2) is 0 Å². The monoisotopic (exact) mass is 558 g/mol. The molecule has 0 amide bonds. The molecule has 0 saturated heterocycles. The Morgan fingerprint density at radius 2 is 0.875 bits per heavy atom. The molecule has 40 heavy (non-hydrogen) atoms. The second kappa shape index (κ2) is 20.7. The van der Waals surface area contributed by atoms with Crippen LogP contribution in [0, 0.1) is 0 Å². The van der Waals surface area contributed by atoms with E-state index in [0.29, 0.717) is 38.0 Å². The number of anilines is 2. The predicted molar refractivity (Wildman–Crippen MR) is 171 cm³/mol. The van der Waals surface area contributed by atoms with Gasteiger partial charge in [-0.1, -0.05) is 66.5 Å². The fourth-order valence-electron chi connectivity index (χ4n) is 4.71. The zero-order chi connectivity index (χ0) is 29.9. The molecule has 0 saturated carbocycles. The quantitative estimate of drug-likeness (QED) is 0.183. The van der Waals surface area contributed by atoms with Crippen LogP contribution in [-0.4, -0.2) is 73.0 Å². The van der Waals surface area contributed by atoms with Crippen molar-refractivity contribution in [2.45, 2.75) is 91.9 Å². The van der Waals surface area contributed by atoms with Gasteiger partial charge in [-0.15, -0.1) is 0 Å². The molecule has 0 atom stereocenters. The normalized spacial score (nSPS) is 11.1. The number of rotatable bonds is 18. The molecule has 0 aromatic heterocycles. The Balaban J connectivity index is 0.000000402. The minimum Gasteiger partial charge on any atom is -0.395 e. The van der Waals surface area contributed by atoms with Gasteiger partial charge in [0.25, 0.3) is 0 Å². The highest BCUT2D eigenvalue weighted by molar-refractivity contribution is 5.53. The van der Waals surface area contributed by atoms with E-state index < -0.39 is 0 Å². The third kappa shape index (κ3) is 13.0. The smallest absolute Gasteiger partial charge is 0.0606 e. The number of aliphatic hydroxyl groups excluding tert-OH is 4. The average Bonchev–Trinajstić information content (AvgIpc) is 2.94. The van der Waals surface area contributed by atoms with Crippen LogP contribution >= 0.6 is 0 Å². The van der Waals surface area contributed by atoms with Crippen molar-refractivity contribution in [1.29, 1.82) is 0 Å². The van der Waals surface area contributed by atoms with Crippen molar-refractivity contribution >= 4 is 11.4 Å². The van der Waals surface area contributed by atoms with Crippen LogP contribution in [0.15, 0.2) is 36.4 Å². The van der Waals surface area contributed by atoms with E-state index in [1.54, 1.807) is 0 Å². The highest BCUT2D eigenvalue weighted by atomic mass is 16.3. The van der Waals surface area contributed by atoms with Gasteiger partial charge in [0.1, 0.15) is 0 Å². The van der Waals surface area contributed by atoms with Crippen molar-refractivity contribution in [3.8, 4) is 0 Å². The molecule has 6 nitrogen and oxygen atoms in total. The van der Waals surface area contributed by atoms with E-state index in [4.69, 9.17) is 10.2 Å². The summed E-state index contributed by atoms with van der Waals surface area (Å²) in [6.45, 7) is 15.9. The second-order valence-corrected chi connectivity index (χ2v) is 11.3. The molecular formula is C34H58N2O4. The molecule has 0 radical (unpaired) electrons. The molecule has 0 heterocycles. The predicted octanol–water partition coefficient (Wildman–Crippen LogP) is 5.89. The largest absolute Gasteiger partial charge is 0.395 e. The number of hydrogen-bond donors (Lipinski definition) is 4. The van der Waals surface area contributed by atoms with Crippen molar-refractivity contribution in [1.82, 2.24) is 0 Å². The molecule has 0 aliphatic rings. The number of hydrogen-bond acceptors (Lipinski definition) is 6. The zero-order valence-corrected chi connectivity index (χ0v) is 26.2. The van der Waals surface area contributed by atoms with Crippen LogP contribution in [-0.2, 0) is 12.8 Å². The molecule has 6 heteroatoms.